The summed E-state index contributed by atoms with van der Waals surface area (Å²) in [6.07, 6.45) is 0.724. The van der Waals surface area contributed by atoms with Crippen molar-refractivity contribution in [2.24, 2.45) is 0 Å². The number of methoxy groups -OCH3 is 1. The quantitative estimate of drug-likeness (QED) is 0.769. The van der Waals surface area contributed by atoms with Crippen LogP contribution in [0.1, 0.15) is 29.7 Å². The summed E-state index contributed by atoms with van der Waals surface area (Å²) in [6.45, 7) is 4.56. The number of rotatable bonds is 6. The van der Waals surface area contributed by atoms with Gasteiger partial charge in [0, 0.05) is 11.0 Å². The smallest absolute Gasteiger partial charge is 0.315 e. The van der Waals surface area contributed by atoms with Crippen molar-refractivity contribution >= 4 is 22.0 Å². The van der Waals surface area contributed by atoms with Crippen molar-refractivity contribution in [1.29, 1.82) is 0 Å². The molecule has 0 aliphatic heterocycles. The Morgan fingerprint density at radius 2 is 2.00 bits per heavy atom. The number of nitrogens with one attached hydrogen (secondary N) is 2. The first kappa shape index (κ1) is 18.3. The van der Waals surface area contributed by atoms with Crippen molar-refractivity contribution in [3.05, 3.63) is 63.6 Å². The van der Waals surface area contributed by atoms with Crippen LogP contribution in [0.15, 0.2) is 46.9 Å². The number of benzene rings is 2. The van der Waals surface area contributed by atoms with Crippen LogP contribution in [-0.4, -0.2) is 19.7 Å². The maximum absolute atomic E-state index is 12.1. The van der Waals surface area contributed by atoms with Crippen LogP contribution in [0.4, 0.5) is 4.79 Å². The molecule has 0 fully saturated rings. The van der Waals surface area contributed by atoms with Gasteiger partial charge in [-0.1, -0.05) is 51.8 Å². The van der Waals surface area contributed by atoms with E-state index in [0.717, 1.165) is 27.8 Å². The van der Waals surface area contributed by atoms with Gasteiger partial charge in [0.1, 0.15) is 5.75 Å². The second-order valence-electron chi connectivity index (χ2n) is 5.71. The number of urea groups is 1. The molecule has 24 heavy (non-hydrogen) atoms. The van der Waals surface area contributed by atoms with E-state index in [1.165, 1.54) is 5.56 Å². The van der Waals surface area contributed by atoms with Gasteiger partial charge in [-0.2, -0.15) is 0 Å². The number of ether oxygens (including phenoxy) is 1. The molecule has 0 aliphatic rings. The first-order valence-electron chi connectivity index (χ1n) is 7.93. The second kappa shape index (κ2) is 8.73. The third kappa shape index (κ3) is 4.99. The number of hydrogen-bond acceptors (Lipinski definition) is 2. The fourth-order valence-electron chi connectivity index (χ4n) is 2.57. The van der Waals surface area contributed by atoms with Gasteiger partial charge < -0.3 is 15.4 Å². The number of amides is 2. The molecule has 4 nitrogen and oxygen atoms in total. The second-order valence-corrected chi connectivity index (χ2v) is 6.56. The predicted molar refractivity (Wildman–Crippen MR) is 101 cm³/mol. The average molecular weight is 391 g/mol. The Morgan fingerprint density at radius 3 is 2.71 bits per heavy atom. The highest BCUT2D eigenvalue weighted by Crippen LogP contribution is 2.22. The van der Waals surface area contributed by atoms with Crippen LogP contribution in [0.2, 0.25) is 0 Å². The van der Waals surface area contributed by atoms with E-state index in [9.17, 15) is 4.79 Å². The van der Waals surface area contributed by atoms with Crippen molar-refractivity contribution in [3.63, 3.8) is 0 Å². The van der Waals surface area contributed by atoms with E-state index in [1.807, 2.05) is 50.2 Å². The van der Waals surface area contributed by atoms with E-state index in [0.29, 0.717) is 6.54 Å². The molecule has 0 heterocycles. The zero-order valence-corrected chi connectivity index (χ0v) is 15.8. The topological polar surface area (TPSA) is 50.4 Å². The molecule has 0 radical (unpaired) electrons. The van der Waals surface area contributed by atoms with E-state index in [4.69, 9.17) is 4.74 Å². The van der Waals surface area contributed by atoms with Crippen LogP contribution >= 0.6 is 15.9 Å². The highest BCUT2D eigenvalue weighted by molar-refractivity contribution is 9.10. The molecule has 2 rings (SSSR count). The van der Waals surface area contributed by atoms with Crippen molar-refractivity contribution in [1.82, 2.24) is 10.6 Å². The minimum absolute atomic E-state index is 0.0749. The Labute approximate surface area is 151 Å². The zero-order chi connectivity index (χ0) is 17.5. The van der Waals surface area contributed by atoms with E-state index < -0.39 is 0 Å². The summed E-state index contributed by atoms with van der Waals surface area (Å²) in [6, 6.07) is 13.7. The highest BCUT2D eigenvalue weighted by atomic mass is 79.9. The maximum Gasteiger partial charge on any atom is 0.315 e. The van der Waals surface area contributed by atoms with Gasteiger partial charge in [0.25, 0.3) is 0 Å². The zero-order valence-electron chi connectivity index (χ0n) is 14.2. The number of carbonyl (C=O) groups excluding carboxylic acids is 1. The van der Waals surface area contributed by atoms with Crippen LogP contribution in [0.5, 0.6) is 5.75 Å². The Morgan fingerprint density at radius 1 is 1.25 bits per heavy atom. The van der Waals surface area contributed by atoms with Gasteiger partial charge in [-0.3, -0.25) is 0 Å². The fourth-order valence-corrected chi connectivity index (χ4v) is 3.19. The van der Waals surface area contributed by atoms with Crippen LogP contribution in [0.25, 0.3) is 0 Å². The molecule has 128 valence electrons. The molecule has 0 aliphatic carbocycles. The minimum atomic E-state index is -0.176. The fraction of sp³-hybridized carbons (Fsp3) is 0.316. The van der Waals surface area contributed by atoms with E-state index in [2.05, 4.69) is 32.6 Å². The van der Waals surface area contributed by atoms with Crippen LogP contribution in [0.3, 0.4) is 0 Å². The highest BCUT2D eigenvalue weighted by Gasteiger charge is 2.11. The lowest BCUT2D eigenvalue weighted by atomic mass is 10.1. The van der Waals surface area contributed by atoms with Crippen molar-refractivity contribution in [3.8, 4) is 5.75 Å². The molecule has 0 saturated carbocycles. The molecule has 2 N–H and O–H groups in total. The molecule has 1 unspecified atom stereocenters. The van der Waals surface area contributed by atoms with Gasteiger partial charge in [0.15, 0.2) is 0 Å². The molecule has 1 atom stereocenters. The summed E-state index contributed by atoms with van der Waals surface area (Å²) in [5.74, 6) is 0.851. The van der Waals surface area contributed by atoms with Gasteiger partial charge in [-0.25, -0.2) is 4.79 Å². The summed E-state index contributed by atoms with van der Waals surface area (Å²) in [5.41, 5.74) is 3.32. The lowest BCUT2D eigenvalue weighted by Crippen LogP contribution is -2.38. The lowest BCUT2D eigenvalue weighted by Gasteiger charge is -2.16. The lowest BCUT2D eigenvalue weighted by molar-refractivity contribution is 0.238. The number of hydrogen-bond donors (Lipinski definition) is 2. The van der Waals surface area contributed by atoms with Gasteiger partial charge in [-0.15, -0.1) is 0 Å². The first-order valence-corrected chi connectivity index (χ1v) is 8.73. The van der Waals surface area contributed by atoms with E-state index >= 15 is 0 Å². The van der Waals surface area contributed by atoms with Crippen molar-refractivity contribution in [2.45, 2.75) is 26.3 Å². The minimum Gasteiger partial charge on any atom is -0.496 e. The Kier molecular flexibility index (Phi) is 6.67. The number of aryl methyl sites for hydroxylation is 1. The average Bonchev–Trinajstić information content (AvgIpc) is 2.55. The van der Waals surface area contributed by atoms with E-state index in [1.54, 1.807) is 7.11 Å². The predicted octanol–water partition coefficient (Wildman–Crippen LogP) is 4.37. The molecule has 0 saturated heterocycles. The summed E-state index contributed by atoms with van der Waals surface area (Å²) in [7, 11) is 1.66. The van der Waals surface area contributed by atoms with Crippen molar-refractivity contribution < 1.29 is 9.53 Å². The Bertz CT molecular complexity index is 704. The standard InChI is InChI=1S/C19H23BrN2O2/c1-13-8-9-18(24-3)15(12-13)10-11-21-19(23)22-14(2)16-6-4-5-7-17(16)20/h4-9,12,14H,10-11H2,1-3H3,(H2,21,22,23). The van der Waals surface area contributed by atoms with Gasteiger partial charge in [-0.05, 0) is 43.5 Å². The summed E-state index contributed by atoms with van der Waals surface area (Å²) in [5, 5.41) is 5.85. The van der Waals surface area contributed by atoms with Crippen LogP contribution < -0.4 is 15.4 Å². The molecule has 2 aromatic carbocycles. The van der Waals surface area contributed by atoms with Gasteiger partial charge in [0.05, 0.1) is 13.2 Å². The summed E-state index contributed by atoms with van der Waals surface area (Å²) < 4.78 is 6.35. The van der Waals surface area contributed by atoms with Crippen molar-refractivity contribution in [2.75, 3.05) is 13.7 Å². The SMILES string of the molecule is COc1ccc(C)cc1CCNC(=O)NC(C)c1ccccc1Br. The third-order valence-electron chi connectivity index (χ3n) is 3.84. The molecule has 0 aromatic heterocycles. The Hall–Kier alpha value is -2.01. The summed E-state index contributed by atoms with van der Waals surface area (Å²) in [4.78, 5) is 12.1. The molecular formula is C19H23BrN2O2. The molecular weight excluding hydrogens is 368 g/mol. The Balaban J connectivity index is 1.86. The first-order chi connectivity index (χ1) is 11.5. The molecule has 5 heteroatoms. The van der Waals surface area contributed by atoms with Crippen LogP contribution in [0, 0.1) is 6.92 Å². The number of halogens is 1. The third-order valence-corrected chi connectivity index (χ3v) is 4.56. The van der Waals surface area contributed by atoms with Gasteiger partial charge >= 0.3 is 6.03 Å². The summed E-state index contributed by atoms with van der Waals surface area (Å²) >= 11 is 3.51. The monoisotopic (exact) mass is 390 g/mol. The molecule has 0 spiro atoms. The largest absolute Gasteiger partial charge is 0.496 e. The van der Waals surface area contributed by atoms with E-state index in [-0.39, 0.29) is 12.1 Å². The molecule has 2 aromatic rings. The van der Waals surface area contributed by atoms with Gasteiger partial charge in [0.2, 0.25) is 0 Å². The molecule has 2 amide bonds. The normalized spacial score (nSPS) is 11.7. The van der Waals surface area contributed by atoms with Crippen LogP contribution in [-0.2, 0) is 6.42 Å². The number of carbonyl (C=O) groups is 1. The maximum atomic E-state index is 12.1. The molecule has 0 bridgehead atoms.